The molecule has 4 heteroatoms. The second-order valence-corrected chi connectivity index (χ2v) is 4.34. The molecule has 92 valence electrons. The SMILES string of the molecule is Cc1cccc(C)c1CC(=O)NC(=N)N(C)C. The van der Waals surface area contributed by atoms with Gasteiger partial charge < -0.3 is 4.90 Å². The Morgan fingerprint density at radius 2 is 1.82 bits per heavy atom. The fourth-order valence-electron chi connectivity index (χ4n) is 1.58. The minimum absolute atomic E-state index is 0.112. The Morgan fingerprint density at radius 1 is 1.29 bits per heavy atom. The van der Waals surface area contributed by atoms with Gasteiger partial charge in [-0.25, -0.2) is 0 Å². The molecule has 17 heavy (non-hydrogen) atoms. The number of nitrogens with one attached hydrogen (secondary N) is 2. The van der Waals surface area contributed by atoms with Crippen LogP contribution in [0, 0.1) is 19.3 Å². The average molecular weight is 233 g/mol. The van der Waals surface area contributed by atoms with Crippen molar-refractivity contribution in [2.45, 2.75) is 20.3 Å². The van der Waals surface area contributed by atoms with Gasteiger partial charge in [0.2, 0.25) is 5.91 Å². The molecule has 0 saturated carbocycles. The van der Waals surface area contributed by atoms with Gasteiger partial charge in [-0.1, -0.05) is 18.2 Å². The summed E-state index contributed by atoms with van der Waals surface area (Å²) in [6, 6.07) is 5.97. The number of guanidine groups is 1. The van der Waals surface area contributed by atoms with E-state index in [9.17, 15) is 4.79 Å². The van der Waals surface area contributed by atoms with Crippen LogP contribution in [0.3, 0.4) is 0 Å². The summed E-state index contributed by atoms with van der Waals surface area (Å²) in [4.78, 5) is 13.3. The Hall–Kier alpha value is -1.84. The molecule has 1 aromatic rings. The first-order valence-corrected chi connectivity index (χ1v) is 5.52. The molecule has 0 radical (unpaired) electrons. The molecule has 0 aliphatic heterocycles. The Morgan fingerprint density at radius 3 is 2.29 bits per heavy atom. The molecular weight excluding hydrogens is 214 g/mol. The van der Waals surface area contributed by atoms with E-state index in [0.717, 1.165) is 16.7 Å². The maximum Gasteiger partial charge on any atom is 0.231 e. The summed E-state index contributed by atoms with van der Waals surface area (Å²) in [6.45, 7) is 3.99. The third kappa shape index (κ3) is 3.59. The number of benzene rings is 1. The normalized spacial score (nSPS) is 9.88. The molecule has 0 bridgehead atoms. The topological polar surface area (TPSA) is 56.2 Å². The minimum Gasteiger partial charge on any atom is -0.349 e. The van der Waals surface area contributed by atoms with Gasteiger partial charge in [-0.05, 0) is 30.5 Å². The number of hydrogen-bond donors (Lipinski definition) is 2. The number of amides is 1. The molecule has 1 aromatic carbocycles. The number of aryl methyl sites for hydroxylation is 2. The van der Waals surface area contributed by atoms with Crippen LogP contribution in [0.25, 0.3) is 0 Å². The van der Waals surface area contributed by atoms with Gasteiger partial charge in [0.05, 0.1) is 6.42 Å². The zero-order chi connectivity index (χ0) is 13.0. The number of hydrogen-bond acceptors (Lipinski definition) is 2. The van der Waals surface area contributed by atoms with Crippen molar-refractivity contribution >= 4 is 11.9 Å². The van der Waals surface area contributed by atoms with E-state index in [1.165, 1.54) is 0 Å². The zero-order valence-corrected chi connectivity index (χ0v) is 10.8. The van der Waals surface area contributed by atoms with Crippen molar-refractivity contribution in [3.05, 3.63) is 34.9 Å². The van der Waals surface area contributed by atoms with Gasteiger partial charge in [-0.15, -0.1) is 0 Å². The van der Waals surface area contributed by atoms with Crippen LogP contribution in [-0.4, -0.2) is 30.9 Å². The molecule has 0 aromatic heterocycles. The molecule has 1 amide bonds. The lowest BCUT2D eigenvalue weighted by Crippen LogP contribution is -2.40. The third-order valence-electron chi connectivity index (χ3n) is 2.69. The van der Waals surface area contributed by atoms with Crippen LogP contribution in [0.4, 0.5) is 0 Å². The van der Waals surface area contributed by atoms with E-state index in [-0.39, 0.29) is 11.9 Å². The Labute approximate surface area is 102 Å². The van der Waals surface area contributed by atoms with Crippen LogP contribution < -0.4 is 5.32 Å². The van der Waals surface area contributed by atoms with E-state index >= 15 is 0 Å². The van der Waals surface area contributed by atoms with Gasteiger partial charge in [0, 0.05) is 14.1 Å². The highest BCUT2D eigenvalue weighted by atomic mass is 16.1. The first kappa shape index (κ1) is 13.2. The Balaban J connectivity index is 2.72. The van der Waals surface area contributed by atoms with Crippen molar-refractivity contribution in [2.24, 2.45) is 0 Å². The smallest absolute Gasteiger partial charge is 0.231 e. The standard InChI is InChI=1S/C13H19N3O/c1-9-6-5-7-10(2)11(9)8-12(17)15-13(14)16(3)4/h5-7H,8H2,1-4H3,(H2,14,15,17). The van der Waals surface area contributed by atoms with Crippen LogP contribution in [0.15, 0.2) is 18.2 Å². The van der Waals surface area contributed by atoms with E-state index in [0.29, 0.717) is 6.42 Å². The average Bonchev–Trinajstić information content (AvgIpc) is 2.23. The molecule has 0 aliphatic carbocycles. The first-order chi connectivity index (χ1) is 7.91. The highest BCUT2D eigenvalue weighted by molar-refractivity contribution is 5.96. The number of carbonyl (C=O) groups excluding carboxylic acids is 1. The molecule has 2 N–H and O–H groups in total. The van der Waals surface area contributed by atoms with Crippen LogP contribution in [-0.2, 0) is 11.2 Å². The predicted octanol–water partition coefficient (Wildman–Crippen LogP) is 1.46. The van der Waals surface area contributed by atoms with Gasteiger partial charge in [-0.2, -0.15) is 0 Å². The van der Waals surface area contributed by atoms with Crippen LogP contribution in [0.1, 0.15) is 16.7 Å². The highest BCUT2D eigenvalue weighted by Gasteiger charge is 2.10. The number of nitrogens with zero attached hydrogens (tertiary/aromatic N) is 1. The molecule has 0 spiro atoms. The summed E-state index contributed by atoms with van der Waals surface area (Å²) in [5, 5.41) is 10.1. The Bertz CT molecular complexity index is 418. The minimum atomic E-state index is -0.152. The molecule has 0 fully saturated rings. The zero-order valence-electron chi connectivity index (χ0n) is 10.8. The maximum atomic E-state index is 11.8. The van der Waals surface area contributed by atoms with Crippen molar-refractivity contribution in [2.75, 3.05) is 14.1 Å². The second kappa shape index (κ2) is 5.48. The van der Waals surface area contributed by atoms with Crippen molar-refractivity contribution in [3.8, 4) is 0 Å². The number of carbonyl (C=O) groups is 1. The largest absolute Gasteiger partial charge is 0.349 e. The van der Waals surface area contributed by atoms with Gasteiger partial charge >= 0.3 is 0 Å². The fraction of sp³-hybridized carbons (Fsp3) is 0.385. The van der Waals surface area contributed by atoms with E-state index in [2.05, 4.69) is 5.32 Å². The molecule has 0 unspecified atom stereocenters. The predicted molar refractivity (Wildman–Crippen MR) is 69.2 cm³/mol. The number of rotatable bonds is 2. The first-order valence-electron chi connectivity index (χ1n) is 5.52. The maximum absolute atomic E-state index is 11.8. The summed E-state index contributed by atoms with van der Waals surface area (Å²) in [5.41, 5.74) is 3.25. The molecule has 0 aliphatic rings. The highest BCUT2D eigenvalue weighted by Crippen LogP contribution is 2.13. The fourth-order valence-corrected chi connectivity index (χ4v) is 1.58. The van der Waals surface area contributed by atoms with Crippen molar-refractivity contribution < 1.29 is 4.79 Å². The molecule has 4 nitrogen and oxygen atoms in total. The molecule has 0 heterocycles. The summed E-state index contributed by atoms with van der Waals surface area (Å²) >= 11 is 0. The Kier molecular flexibility index (Phi) is 4.26. The summed E-state index contributed by atoms with van der Waals surface area (Å²) in [6.07, 6.45) is 0.314. The van der Waals surface area contributed by atoms with Crippen LogP contribution in [0.5, 0.6) is 0 Å². The van der Waals surface area contributed by atoms with Crippen molar-refractivity contribution in [1.82, 2.24) is 10.2 Å². The van der Waals surface area contributed by atoms with E-state index in [1.807, 2.05) is 32.0 Å². The molecular formula is C13H19N3O. The van der Waals surface area contributed by atoms with Crippen molar-refractivity contribution in [1.29, 1.82) is 5.41 Å². The third-order valence-corrected chi connectivity index (χ3v) is 2.69. The van der Waals surface area contributed by atoms with E-state index in [4.69, 9.17) is 5.41 Å². The second-order valence-electron chi connectivity index (χ2n) is 4.34. The van der Waals surface area contributed by atoms with E-state index in [1.54, 1.807) is 19.0 Å². The molecule has 0 saturated heterocycles. The lowest BCUT2D eigenvalue weighted by molar-refractivity contribution is -0.119. The summed E-state index contributed by atoms with van der Waals surface area (Å²) in [7, 11) is 3.45. The molecule has 0 atom stereocenters. The lowest BCUT2D eigenvalue weighted by atomic mass is 10.00. The van der Waals surface area contributed by atoms with Gasteiger partial charge in [0.25, 0.3) is 0 Å². The summed E-state index contributed by atoms with van der Waals surface area (Å²) in [5.74, 6) is -0.0395. The van der Waals surface area contributed by atoms with Gasteiger partial charge in [0.1, 0.15) is 0 Å². The van der Waals surface area contributed by atoms with Crippen molar-refractivity contribution in [3.63, 3.8) is 0 Å². The quantitative estimate of drug-likeness (QED) is 0.600. The summed E-state index contributed by atoms with van der Waals surface area (Å²) < 4.78 is 0. The van der Waals surface area contributed by atoms with Gasteiger partial charge in [-0.3, -0.25) is 15.5 Å². The molecule has 1 rings (SSSR count). The lowest BCUT2D eigenvalue weighted by Gasteiger charge is -2.15. The van der Waals surface area contributed by atoms with Gasteiger partial charge in [0.15, 0.2) is 5.96 Å². The van der Waals surface area contributed by atoms with E-state index < -0.39 is 0 Å². The monoisotopic (exact) mass is 233 g/mol. The van der Waals surface area contributed by atoms with Crippen LogP contribution in [0.2, 0.25) is 0 Å². The van der Waals surface area contributed by atoms with Crippen LogP contribution >= 0.6 is 0 Å².